The van der Waals surface area contributed by atoms with Crippen LogP contribution in [0.25, 0.3) is 0 Å². The Kier molecular flexibility index (Phi) is 4.04. The second-order valence-electron chi connectivity index (χ2n) is 2.58. The minimum absolute atomic E-state index is 0.239. The molecule has 0 spiro atoms. The van der Waals surface area contributed by atoms with E-state index in [0.29, 0.717) is 0 Å². The number of carbonyl (C=O) groups is 2. The van der Waals surface area contributed by atoms with Gasteiger partial charge >= 0.3 is 5.97 Å². The molecule has 0 atom stereocenters. The van der Waals surface area contributed by atoms with Gasteiger partial charge in [-0.2, -0.15) is 0 Å². The Hall–Kier alpha value is -1.32. The summed E-state index contributed by atoms with van der Waals surface area (Å²) in [6.45, 7) is 3.34. The van der Waals surface area contributed by atoms with Crippen LogP contribution in [0.15, 0.2) is 11.8 Å². The van der Waals surface area contributed by atoms with Gasteiger partial charge in [-0.15, -0.1) is 0 Å². The molecule has 0 saturated heterocycles. The molecular weight excluding hydrogens is 160 g/mol. The quantitative estimate of drug-likeness (QED) is 0.389. The van der Waals surface area contributed by atoms with Crippen molar-refractivity contribution in [2.45, 2.75) is 13.8 Å². The van der Waals surface area contributed by atoms with Gasteiger partial charge in [0.2, 0.25) is 5.76 Å². The van der Waals surface area contributed by atoms with E-state index in [2.05, 4.69) is 4.74 Å². The number of methoxy groups -OCH3 is 1. The van der Waals surface area contributed by atoms with Crippen LogP contribution in [0.2, 0.25) is 0 Å². The van der Waals surface area contributed by atoms with E-state index < -0.39 is 11.7 Å². The maximum atomic E-state index is 10.9. The van der Waals surface area contributed by atoms with Crippen molar-refractivity contribution in [2.75, 3.05) is 7.11 Å². The Bertz CT molecular complexity index is 215. The predicted molar refractivity (Wildman–Crippen MR) is 42.6 cm³/mol. The first-order valence-electron chi connectivity index (χ1n) is 3.51. The molecule has 0 heterocycles. The van der Waals surface area contributed by atoms with Crippen LogP contribution < -0.4 is 0 Å². The number of allylic oxidation sites excluding steroid dienone is 1. The lowest BCUT2D eigenvalue weighted by Gasteiger charge is -1.99. The highest BCUT2D eigenvalue weighted by Crippen LogP contribution is 1.99. The fourth-order valence-corrected chi connectivity index (χ4v) is 0.465. The minimum Gasteiger partial charge on any atom is -0.502 e. The highest BCUT2D eigenvalue weighted by Gasteiger charge is 2.11. The van der Waals surface area contributed by atoms with Crippen molar-refractivity contribution in [1.82, 2.24) is 0 Å². The van der Waals surface area contributed by atoms with Crippen LogP contribution >= 0.6 is 0 Å². The van der Waals surface area contributed by atoms with E-state index in [0.717, 1.165) is 13.2 Å². The number of esters is 1. The predicted octanol–water partition coefficient (Wildman–Crippen LogP) is 0.826. The number of rotatable bonds is 3. The van der Waals surface area contributed by atoms with Crippen molar-refractivity contribution in [1.29, 1.82) is 0 Å². The summed E-state index contributed by atoms with van der Waals surface area (Å²) >= 11 is 0. The molecule has 1 N–H and O–H groups in total. The Morgan fingerprint density at radius 3 is 2.25 bits per heavy atom. The third kappa shape index (κ3) is 3.18. The van der Waals surface area contributed by atoms with Gasteiger partial charge in [0.25, 0.3) is 0 Å². The third-order valence-electron chi connectivity index (χ3n) is 1.24. The van der Waals surface area contributed by atoms with Crippen molar-refractivity contribution in [3.8, 4) is 0 Å². The smallest absolute Gasteiger partial charge is 0.373 e. The van der Waals surface area contributed by atoms with Crippen molar-refractivity contribution in [3.05, 3.63) is 11.8 Å². The van der Waals surface area contributed by atoms with E-state index >= 15 is 0 Å². The lowest BCUT2D eigenvalue weighted by Crippen LogP contribution is -2.09. The second kappa shape index (κ2) is 4.54. The Labute approximate surface area is 70.8 Å². The van der Waals surface area contributed by atoms with Gasteiger partial charge < -0.3 is 9.84 Å². The van der Waals surface area contributed by atoms with Crippen LogP contribution in [0.1, 0.15) is 13.8 Å². The summed E-state index contributed by atoms with van der Waals surface area (Å²) in [5, 5.41) is 8.90. The van der Waals surface area contributed by atoms with Crippen LogP contribution in [0.4, 0.5) is 0 Å². The van der Waals surface area contributed by atoms with Crippen LogP contribution in [0.5, 0.6) is 0 Å². The molecule has 0 aliphatic heterocycles. The lowest BCUT2D eigenvalue weighted by atomic mass is 10.1. The fourth-order valence-electron chi connectivity index (χ4n) is 0.465. The first-order valence-corrected chi connectivity index (χ1v) is 3.51. The Morgan fingerprint density at radius 1 is 1.42 bits per heavy atom. The molecule has 0 amide bonds. The average molecular weight is 172 g/mol. The largest absolute Gasteiger partial charge is 0.502 e. The molecule has 4 nitrogen and oxygen atoms in total. The van der Waals surface area contributed by atoms with Crippen molar-refractivity contribution < 1.29 is 19.4 Å². The monoisotopic (exact) mass is 172 g/mol. The lowest BCUT2D eigenvalue weighted by molar-refractivity contribution is -0.139. The van der Waals surface area contributed by atoms with Gasteiger partial charge in [-0.1, -0.05) is 13.8 Å². The summed E-state index contributed by atoms with van der Waals surface area (Å²) in [6, 6.07) is 0. The molecule has 0 saturated carbocycles. The number of hydrogen-bond donors (Lipinski definition) is 1. The van der Waals surface area contributed by atoms with E-state index in [1.54, 1.807) is 13.8 Å². The zero-order valence-corrected chi connectivity index (χ0v) is 7.33. The Morgan fingerprint density at radius 2 is 1.92 bits per heavy atom. The van der Waals surface area contributed by atoms with E-state index in [4.69, 9.17) is 5.11 Å². The topological polar surface area (TPSA) is 63.6 Å². The SMILES string of the molecule is COC(=O)/C(O)=C/C(=O)C(C)C. The Balaban J connectivity index is 4.36. The standard InChI is InChI=1S/C8H12O4/c1-5(2)6(9)4-7(10)8(11)12-3/h4-5,10H,1-3H3/b7-4-. The molecule has 0 fully saturated rings. The van der Waals surface area contributed by atoms with Crippen molar-refractivity contribution in [2.24, 2.45) is 5.92 Å². The maximum absolute atomic E-state index is 10.9. The zero-order valence-electron chi connectivity index (χ0n) is 7.33. The van der Waals surface area contributed by atoms with Gasteiger partial charge in [0.05, 0.1) is 7.11 Å². The van der Waals surface area contributed by atoms with E-state index in [1.165, 1.54) is 0 Å². The zero-order chi connectivity index (χ0) is 9.72. The molecule has 0 aromatic carbocycles. The van der Waals surface area contributed by atoms with Gasteiger partial charge in [-0.25, -0.2) is 4.79 Å². The van der Waals surface area contributed by atoms with Crippen molar-refractivity contribution >= 4 is 11.8 Å². The molecule has 0 aliphatic rings. The molecule has 0 unspecified atom stereocenters. The molecule has 0 aliphatic carbocycles. The summed E-state index contributed by atoms with van der Waals surface area (Å²) in [4.78, 5) is 21.5. The van der Waals surface area contributed by atoms with E-state index in [9.17, 15) is 9.59 Å². The first-order chi connectivity index (χ1) is 5.49. The summed E-state index contributed by atoms with van der Waals surface area (Å²) in [6.07, 6.45) is 0.872. The van der Waals surface area contributed by atoms with Gasteiger partial charge in [0, 0.05) is 12.0 Å². The van der Waals surface area contributed by atoms with E-state index in [1.807, 2.05) is 0 Å². The molecule has 0 rings (SSSR count). The summed E-state index contributed by atoms with van der Waals surface area (Å²) < 4.78 is 4.18. The summed E-state index contributed by atoms with van der Waals surface area (Å²) in [5.41, 5.74) is 0. The van der Waals surface area contributed by atoms with Gasteiger partial charge in [-0.05, 0) is 0 Å². The van der Waals surface area contributed by atoms with Gasteiger partial charge in [-0.3, -0.25) is 4.79 Å². The number of aliphatic hydroxyl groups is 1. The van der Waals surface area contributed by atoms with Crippen LogP contribution in [-0.4, -0.2) is 24.0 Å². The summed E-state index contributed by atoms with van der Waals surface area (Å²) in [5.74, 6) is -2.10. The molecular formula is C8H12O4. The molecule has 12 heavy (non-hydrogen) atoms. The number of carbonyl (C=O) groups excluding carboxylic acids is 2. The van der Waals surface area contributed by atoms with Gasteiger partial charge in [0.15, 0.2) is 5.78 Å². The van der Waals surface area contributed by atoms with Crippen LogP contribution in [0, 0.1) is 5.92 Å². The molecule has 0 radical (unpaired) electrons. The van der Waals surface area contributed by atoms with Gasteiger partial charge in [0.1, 0.15) is 0 Å². The first kappa shape index (κ1) is 10.7. The van der Waals surface area contributed by atoms with E-state index in [-0.39, 0.29) is 11.7 Å². The third-order valence-corrected chi connectivity index (χ3v) is 1.24. The molecule has 0 aromatic heterocycles. The second-order valence-corrected chi connectivity index (χ2v) is 2.58. The van der Waals surface area contributed by atoms with Crippen molar-refractivity contribution in [3.63, 3.8) is 0 Å². The number of aliphatic hydroxyl groups excluding tert-OH is 1. The minimum atomic E-state index is -0.899. The molecule has 0 bridgehead atoms. The maximum Gasteiger partial charge on any atom is 0.373 e. The highest BCUT2D eigenvalue weighted by molar-refractivity contribution is 5.98. The molecule has 68 valence electrons. The molecule has 0 aromatic rings. The average Bonchev–Trinajstić information content (AvgIpc) is 2.02. The fraction of sp³-hybridized carbons (Fsp3) is 0.500. The number of ether oxygens (including phenoxy) is 1. The molecule has 4 heteroatoms. The normalized spacial score (nSPS) is 11.5. The van der Waals surface area contributed by atoms with Crippen LogP contribution in [0.3, 0.4) is 0 Å². The number of hydrogen-bond acceptors (Lipinski definition) is 4. The van der Waals surface area contributed by atoms with Crippen LogP contribution in [-0.2, 0) is 14.3 Å². The highest BCUT2D eigenvalue weighted by atomic mass is 16.5. The number of ketones is 1. The summed E-state index contributed by atoms with van der Waals surface area (Å²) in [7, 11) is 1.13.